The Labute approximate surface area is 121 Å². The third-order valence-electron chi connectivity index (χ3n) is 3.99. The largest absolute Gasteiger partial charge is 0.454 e. The van der Waals surface area contributed by atoms with Gasteiger partial charge in [0.25, 0.3) is 0 Å². The zero-order chi connectivity index (χ0) is 15.1. The third-order valence-corrected chi connectivity index (χ3v) is 3.99. The molecule has 0 heterocycles. The summed E-state index contributed by atoms with van der Waals surface area (Å²) in [5, 5.41) is 0. The van der Waals surface area contributed by atoms with Crippen LogP contribution < -0.4 is 0 Å². The fourth-order valence-electron chi connectivity index (χ4n) is 2.73. The lowest BCUT2D eigenvalue weighted by atomic mass is 9.84. The molecule has 2 aliphatic carbocycles. The van der Waals surface area contributed by atoms with Crippen molar-refractivity contribution in [1.82, 2.24) is 0 Å². The van der Waals surface area contributed by atoms with Crippen LogP contribution in [-0.4, -0.2) is 12.1 Å². The van der Waals surface area contributed by atoms with Crippen LogP contribution in [0.25, 0.3) is 0 Å². The average molecular weight is 272 g/mol. The van der Waals surface area contributed by atoms with E-state index in [1.807, 2.05) is 0 Å². The number of hydrogen-bond acceptors (Lipinski definition) is 2. The van der Waals surface area contributed by atoms with Crippen molar-refractivity contribution in [2.75, 3.05) is 0 Å². The quantitative estimate of drug-likeness (QED) is 0.551. The Bertz CT molecular complexity index is 542. The molecule has 2 rings (SSSR count). The van der Waals surface area contributed by atoms with Crippen LogP contribution in [-0.2, 0) is 9.53 Å². The van der Waals surface area contributed by atoms with E-state index in [-0.39, 0.29) is 22.9 Å². The van der Waals surface area contributed by atoms with Crippen LogP contribution >= 0.6 is 0 Å². The highest BCUT2D eigenvalue weighted by atomic mass is 16.5. The summed E-state index contributed by atoms with van der Waals surface area (Å²) in [7, 11) is 0. The number of ether oxygens (including phenoxy) is 1. The molecule has 0 saturated heterocycles. The van der Waals surface area contributed by atoms with Crippen LogP contribution in [0.3, 0.4) is 0 Å². The lowest BCUT2D eigenvalue weighted by Gasteiger charge is -2.29. The monoisotopic (exact) mass is 272 g/mol. The first-order valence-electron chi connectivity index (χ1n) is 7.10. The molecular formula is C18H24O2. The molecule has 1 atom stereocenters. The number of rotatable bonds is 2. The van der Waals surface area contributed by atoms with E-state index in [2.05, 4.69) is 58.6 Å². The SMILES string of the molecule is C=C(C)C(=O)OC1C2=C(C=CC(C)(C)C=C2)CC1(C)C. The second-order valence-electron chi connectivity index (χ2n) is 7.20. The van der Waals surface area contributed by atoms with Crippen molar-refractivity contribution < 1.29 is 9.53 Å². The van der Waals surface area contributed by atoms with Crippen LogP contribution in [0, 0.1) is 10.8 Å². The summed E-state index contributed by atoms with van der Waals surface area (Å²) in [6.07, 6.45) is 9.43. The van der Waals surface area contributed by atoms with Gasteiger partial charge in [0.2, 0.25) is 0 Å². The number of hydrogen-bond donors (Lipinski definition) is 0. The molecule has 2 nitrogen and oxygen atoms in total. The van der Waals surface area contributed by atoms with Gasteiger partial charge in [-0.25, -0.2) is 4.79 Å². The Hall–Kier alpha value is -1.57. The van der Waals surface area contributed by atoms with Gasteiger partial charge >= 0.3 is 5.97 Å². The van der Waals surface area contributed by atoms with Gasteiger partial charge < -0.3 is 4.74 Å². The van der Waals surface area contributed by atoms with Crippen LogP contribution in [0.1, 0.15) is 41.0 Å². The Kier molecular flexibility index (Phi) is 3.53. The van der Waals surface area contributed by atoms with Crippen LogP contribution in [0.15, 0.2) is 47.6 Å². The topological polar surface area (TPSA) is 26.3 Å². The standard InChI is InChI=1S/C18H24O2/c1-12(2)16(19)20-15-14-8-10-17(3,4)9-7-13(14)11-18(15,5)6/h7-10,15H,1,11H2,2-6H3. The highest BCUT2D eigenvalue weighted by Crippen LogP contribution is 2.46. The molecule has 0 saturated carbocycles. The molecule has 0 fully saturated rings. The van der Waals surface area contributed by atoms with E-state index in [0.29, 0.717) is 5.57 Å². The Morgan fingerprint density at radius 2 is 1.85 bits per heavy atom. The van der Waals surface area contributed by atoms with Crippen LogP contribution in [0.5, 0.6) is 0 Å². The number of esters is 1. The smallest absolute Gasteiger partial charge is 0.333 e. The van der Waals surface area contributed by atoms with E-state index in [1.165, 1.54) is 5.57 Å². The minimum Gasteiger partial charge on any atom is -0.454 e. The number of allylic oxidation sites excluding steroid dienone is 4. The van der Waals surface area contributed by atoms with Crippen molar-refractivity contribution in [1.29, 1.82) is 0 Å². The molecular weight excluding hydrogens is 248 g/mol. The zero-order valence-electron chi connectivity index (χ0n) is 13.1. The minimum absolute atomic E-state index is 0.0391. The fourth-order valence-corrected chi connectivity index (χ4v) is 2.73. The lowest BCUT2D eigenvalue weighted by molar-refractivity contribution is -0.146. The van der Waals surface area contributed by atoms with Gasteiger partial charge in [-0.3, -0.25) is 0 Å². The van der Waals surface area contributed by atoms with Crippen molar-refractivity contribution >= 4 is 5.97 Å². The van der Waals surface area contributed by atoms with Gasteiger partial charge in [0, 0.05) is 16.4 Å². The predicted octanol–water partition coefficient (Wildman–Crippen LogP) is 4.35. The molecule has 0 N–H and O–H groups in total. The van der Waals surface area contributed by atoms with Gasteiger partial charge in [0.05, 0.1) is 0 Å². The molecule has 0 bridgehead atoms. The van der Waals surface area contributed by atoms with Gasteiger partial charge in [0.1, 0.15) is 6.10 Å². The van der Waals surface area contributed by atoms with Gasteiger partial charge in [-0.15, -0.1) is 0 Å². The van der Waals surface area contributed by atoms with Crippen molar-refractivity contribution in [2.24, 2.45) is 10.8 Å². The summed E-state index contributed by atoms with van der Waals surface area (Å²) in [5.74, 6) is -0.308. The maximum absolute atomic E-state index is 11.9. The zero-order valence-corrected chi connectivity index (χ0v) is 13.1. The highest BCUT2D eigenvalue weighted by molar-refractivity contribution is 5.87. The summed E-state index contributed by atoms with van der Waals surface area (Å²) in [4.78, 5) is 11.9. The summed E-state index contributed by atoms with van der Waals surface area (Å²) in [6, 6.07) is 0. The second kappa shape index (κ2) is 4.76. The van der Waals surface area contributed by atoms with E-state index in [0.717, 1.165) is 12.0 Å². The molecule has 2 aliphatic rings. The van der Waals surface area contributed by atoms with E-state index in [4.69, 9.17) is 4.74 Å². The first kappa shape index (κ1) is 14.8. The maximum Gasteiger partial charge on any atom is 0.333 e. The van der Waals surface area contributed by atoms with Crippen molar-refractivity contribution in [3.05, 3.63) is 47.6 Å². The third kappa shape index (κ3) is 2.79. The van der Waals surface area contributed by atoms with Crippen LogP contribution in [0.2, 0.25) is 0 Å². The number of carbonyl (C=O) groups is 1. The fraction of sp³-hybridized carbons (Fsp3) is 0.500. The normalized spacial score (nSPS) is 26.1. The molecule has 0 spiro atoms. The summed E-state index contributed by atoms with van der Waals surface area (Å²) in [5.41, 5.74) is 2.81. The molecule has 0 aromatic rings. The molecule has 20 heavy (non-hydrogen) atoms. The molecule has 2 heteroatoms. The molecule has 0 aliphatic heterocycles. The van der Waals surface area contributed by atoms with E-state index < -0.39 is 0 Å². The molecule has 1 unspecified atom stereocenters. The lowest BCUT2D eigenvalue weighted by Crippen LogP contribution is -2.31. The highest BCUT2D eigenvalue weighted by Gasteiger charge is 2.42. The molecule has 108 valence electrons. The Balaban J connectivity index is 2.34. The average Bonchev–Trinajstić information content (AvgIpc) is 2.46. The van der Waals surface area contributed by atoms with Crippen molar-refractivity contribution in [3.8, 4) is 0 Å². The first-order valence-corrected chi connectivity index (χ1v) is 7.10. The second-order valence-corrected chi connectivity index (χ2v) is 7.20. The summed E-state index contributed by atoms with van der Waals surface area (Å²) in [6.45, 7) is 14.0. The van der Waals surface area contributed by atoms with Gasteiger partial charge in [0.15, 0.2) is 0 Å². The number of carbonyl (C=O) groups excluding carboxylic acids is 1. The van der Waals surface area contributed by atoms with Crippen LogP contribution in [0.4, 0.5) is 0 Å². The van der Waals surface area contributed by atoms with E-state index in [1.54, 1.807) is 6.92 Å². The summed E-state index contributed by atoms with van der Waals surface area (Å²) >= 11 is 0. The first-order chi connectivity index (χ1) is 9.12. The molecule has 0 amide bonds. The van der Waals surface area contributed by atoms with E-state index in [9.17, 15) is 4.79 Å². The predicted molar refractivity (Wildman–Crippen MR) is 82.2 cm³/mol. The molecule has 0 radical (unpaired) electrons. The van der Waals surface area contributed by atoms with Gasteiger partial charge in [-0.1, -0.05) is 58.6 Å². The molecule has 0 aromatic heterocycles. The maximum atomic E-state index is 11.9. The van der Waals surface area contributed by atoms with Crippen molar-refractivity contribution in [3.63, 3.8) is 0 Å². The summed E-state index contributed by atoms with van der Waals surface area (Å²) < 4.78 is 5.70. The van der Waals surface area contributed by atoms with Crippen molar-refractivity contribution in [2.45, 2.75) is 47.1 Å². The van der Waals surface area contributed by atoms with Gasteiger partial charge in [-0.2, -0.15) is 0 Å². The Morgan fingerprint density at radius 3 is 2.45 bits per heavy atom. The molecule has 0 aromatic carbocycles. The van der Waals surface area contributed by atoms with Gasteiger partial charge in [-0.05, 0) is 24.5 Å². The minimum atomic E-state index is -0.308. The Morgan fingerprint density at radius 1 is 1.25 bits per heavy atom. The van der Waals surface area contributed by atoms with E-state index >= 15 is 0 Å².